The van der Waals surface area contributed by atoms with Crippen LogP contribution in [0.1, 0.15) is 38.8 Å². The number of rotatable bonds is 6. The number of nitrogens with zero attached hydrogens (tertiary/aromatic N) is 1. The molecule has 2 aromatic carbocycles. The van der Waals surface area contributed by atoms with Gasteiger partial charge in [0.25, 0.3) is 5.91 Å². The molecule has 0 saturated carbocycles. The standard InChI is InChI=1S/C22H21N3O2/c1-15-5-3-6-17(11-15)14-24-22(27)19-9-10-23-21(13-19)25-20-8-4-7-18(12-20)16(2)26/h3-13H,14H2,1-2H3,(H,23,25)(H,24,27). The number of carbonyl (C=O) groups is 2. The zero-order valence-corrected chi connectivity index (χ0v) is 15.3. The highest BCUT2D eigenvalue weighted by atomic mass is 16.1. The van der Waals surface area contributed by atoms with Crippen molar-refractivity contribution in [2.24, 2.45) is 0 Å². The Hall–Kier alpha value is -3.47. The fourth-order valence-electron chi connectivity index (χ4n) is 2.71. The molecule has 0 aliphatic rings. The van der Waals surface area contributed by atoms with Gasteiger partial charge in [-0.3, -0.25) is 9.59 Å². The van der Waals surface area contributed by atoms with E-state index in [9.17, 15) is 9.59 Å². The van der Waals surface area contributed by atoms with Gasteiger partial charge in [-0.1, -0.05) is 42.0 Å². The lowest BCUT2D eigenvalue weighted by molar-refractivity contribution is 0.0950. The molecule has 0 bridgehead atoms. The normalized spacial score (nSPS) is 10.3. The first-order valence-electron chi connectivity index (χ1n) is 8.69. The number of anilines is 2. The van der Waals surface area contributed by atoms with Crippen LogP contribution in [0.15, 0.2) is 66.9 Å². The summed E-state index contributed by atoms with van der Waals surface area (Å²) in [4.78, 5) is 28.2. The van der Waals surface area contributed by atoms with Gasteiger partial charge in [-0.2, -0.15) is 0 Å². The van der Waals surface area contributed by atoms with Crippen molar-refractivity contribution < 1.29 is 9.59 Å². The smallest absolute Gasteiger partial charge is 0.251 e. The van der Waals surface area contributed by atoms with Gasteiger partial charge in [0.1, 0.15) is 5.82 Å². The van der Waals surface area contributed by atoms with Crippen molar-refractivity contribution in [2.45, 2.75) is 20.4 Å². The molecule has 0 atom stereocenters. The fraction of sp³-hybridized carbons (Fsp3) is 0.136. The second kappa shape index (κ2) is 8.27. The first kappa shape index (κ1) is 18.3. The molecule has 0 saturated heterocycles. The van der Waals surface area contributed by atoms with E-state index in [0.717, 1.165) is 16.8 Å². The van der Waals surface area contributed by atoms with Crippen molar-refractivity contribution in [3.8, 4) is 0 Å². The van der Waals surface area contributed by atoms with Gasteiger partial charge in [0.2, 0.25) is 0 Å². The summed E-state index contributed by atoms with van der Waals surface area (Å²) in [6.45, 7) is 4.01. The van der Waals surface area contributed by atoms with E-state index in [1.54, 1.807) is 36.5 Å². The molecule has 136 valence electrons. The Morgan fingerprint density at radius 2 is 1.78 bits per heavy atom. The van der Waals surface area contributed by atoms with Gasteiger partial charge < -0.3 is 10.6 Å². The lowest BCUT2D eigenvalue weighted by Crippen LogP contribution is -2.23. The number of amides is 1. The molecule has 0 spiro atoms. The van der Waals surface area contributed by atoms with Gasteiger partial charge in [-0.15, -0.1) is 0 Å². The lowest BCUT2D eigenvalue weighted by atomic mass is 10.1. The molecule has 0 fully saturated rings. The molecule has 3 rings (SSSR count). The minimum Gasteiger partial charge on any atom is -0.348 e. The first-order valence-corrected chi connectivity index (χ1v) is 8.69. The van der Waals surface area contributed by atoms with Crippen LogP contribution in [0.3, 0.4) is 0 Å². The van der Waals surface area contributed by atoms with E-state index in [-0.39, 0.29) is 11.7 Å². The number of hydrogen-bond acceptors (Lipinski definition) is 4. The number of hydrogen-bond donors (Lipinski definition) is 2. The third kappa shape index (κ3) is 5.01. The fourth-order valence-corrected chi connectivity index (χ4v) is 2.71. The maximum Gasteiger partial charge on any atom is 0.251 e. The second-order valence-electron chi connectivity index (χ2n) is 6.36. The zero-order chi connectivity index (χ0) is 19.2. The van der Waals surface area contributed by atoms with Gasteiger partial charge in [0.05, 0.1) is 0 Å². The van der Waals surface area contributed by atoms with Crippen molar-refractivity contribution in [1.82, 2.24) is 10.3 Å². The first-order chi connectivity index (χ1) is 13.0. The third-order valence-electron chi connectivity index (χ3n) is 4.10. The molecule has 1 amide bonds. The Morgan fingerprint density at radius 1 is 0.963 bits per heavy atom. The van der Waals surface area contributed by atoms with E-state index >= 15 is 0 Å². The van der Waals surface area contributed by atoms with Crippen LogP contribution in [0, 0.1) is 6.92 Å². The van der Waals surface area contributed by atoms with Gasteiger partial charge in [0, 0.05) is 29.6 Å². The van der Waals surface area contributed by atoms with Crippen LogP contribution in [-0.4, -0.2) is 16.7 Å². The highest BCUT2D eigenvalue weighted by Crippen LogP contribution is 2.17. The Bertz CT molecular complexity index is 983. The topological polar surface area (TPSA) is 71.1 Å². The van der Waals surface area contributed by atoms with Crippen molar-refractivity contribution >= 4 is 23.2 Å². The monoisotopic (exact) mass is 359 g/mol. The molecule has 1 heterocycles. The zero-order valence-electron chi connectivity index (χ0n) is 15.3. The van der Waals surface area contributed by atoms with Crippen LogP contribution in [0.25, 0.3) is 0 Å². The summed E-state index contributed by atoms with van der Waals surface area (Å²) < 4.78 is 0. The molecule has 0 radical (unpaired) electrons. The van der Waals surface area contributed by atoms with E-state index < -0.39 is 0 Å². The summed E-state index contributed by atoms with van der Waals surface area (Å²) in [6.07, 6.45) is 1.58. The minimum atomic E-state index is -0.167. The van der Waals surface area contributed by atoms with Gasteiger partial charge >= 0.3 is 0 Å². The molecule has 0 aliphatic heterocycles. The predicted molar refractivity (Wildman–Crippen MR) is 106 cm³/mol. The van der Waals surface area contributed by atoms with E-state index in [0.29, 0.717) is 23.5 Å². The van der Waals surface area contributed by atoms with Crippen LogP contribution in [-0.2, 0) is 6.54 Å². The third-order valence-corrected chi connectivity index (χ3v) is 4.10. The van der Waals surface area contributed by atoms with Crippen molar-refractivity contribution in [1.29, 1.82) is 0 Å². The van der Waals surface area contributed by atoms with Crippen LogP contribution in [0.2, 0.25) is 0 Å². The van der Waals surface area contributed by atoms with Gasteiger partial charge in [-0.05, 0) is 43.7 Å². The maximum absolute atomic E-state index is 12.4. The number of nitrogens with one attached hydrogen (secondary N) is 2. The van der Waals surface area contributed by atoms with E-state index in [1.807, 2.05) is 37.3 Å². The summed E-state index contributed by atoms with van der Waals surface area (Å²) in [5, 5.41) is 6.05. The largest absolute Gasteiger partial charge is 0.348 e. The number of pyridine rings is 1. The van der Waals surface area contributed by atoms with E-state index in [4.69, 9.17) is 0 Å². The van der Waals surface area contributed by atoms with E-state index in [2.05, 4.69) is 15.6 Å². The van der Waals surface area contributed by atoms with Crippen molar-refractivity contribution in [3.63, 3.8) is 0 Å². The average molecular weight is 359 g/mol. The quantitative estimate of drug-likeness (QED) is 0.645. The number of Topliss-reactive ketones (excluding diaryl/α,β-unsaturated/α-hetero) is 1. The Morgan fingerprint density at radius 3 is 2.56 bits per heavy atom. The van der Waals surface area contributed by atoms with Crippen LogP contribution in [0.5, 0.6) is 0 Å². The molecule has 3 aromatic rings. The number of aryl methyl sites for hydroxylation is 1. The number of benzene rings is 2. The SMILES string of the molecule is CC(=O)c1cccc(Nc2cc(C(=O)NCc3cccc(C)c3)ccn2)c1. The maximum atomic E-state index is 12.4. The Kier molecular flexibility index (Phi) is 5.61. The number of aromatic nitrogens is 1. The molecule has 1 aromatic heterocycles. The second-order valence-corrected chi connectivity index (χ2v) is 6.36. The van der Waals surface area contributed by atoms with Crippen molar-refractivity contribution in [3.05, 3.63) is 89.1 Å². The summed E-state index contributed by atoms with van der Waals surface area (Å²) in [6, 6.07) is 18.5. The summed E-state index contributed by atoms with van der Waals surface area (Å²) in [5.41, 5.74) is 4.09. The summed E-state index contributed by atoms with van der Waals surface area (Å²) in [5.74, 6) is 0.370. The highest BCUT2D eigenvalue weighted by Gasteiger charge is 2.08. The molecule has 0 unspecified atom stereocenters. The number of carbonyl (C=O) groups excluding carboxylic acids is 2. The molecular formula is C22H21N3O2. The van der Waals surface area contributed by atoms with E-state index in [1.165, 1.54) is 6.92 Å². The van der Waals surface area contributed by atoms with Gasteiger partial charge in [-0.25, -0.2) is 4.98 Å². The van der Waals surface area contributed by atoms with Crippen LogP contribution in [0.4, 0.5) is 11.5 Å². The summed E-state index contributed by atoms with van der Waals surface area (Å²) in [7, 11) is 0. The molecule has 0 aliphatic carbocycles. The molecule has 27 heavy (non-hydrogen) atoms. The summed E-state index contributed by atoms with van der Waals surface area (Å²) >= 11 is 0. The highest BCUT2D eigenvalue weighted by molar-refractivity contribution is 5.96. The Labute approximate surface area is 158 Å². The lowest BCUT2D eigenvalue weighted by Gasteiger charge is -2.09. The van der Waals surface area contributed by atoms with Crippen molar-refractivity contribution in [2.75, 3.05) is 5.32 Å². The number of ketones is 1. The Balaban J connectivity index is 1.68. The molecule has 5 heteroatoms. The van der Waals surface area contributed by atoms with Gasteiger partial charge in [0.15, 0.2) is 5.78 Å². The van der Waals surface area contributed by atoms with Crippen LogP contribution < -0.4 is 10.6 Å². The average Bonchev–Trinajstić information content (AvgIpc) is 2.66. The predicted octanol–water partition coefficient (Wildman–Crippen LogP) is 4.27. The molecule has 5 nitrogen and oxygen atoms in total. The molecular weight excluding hydrogens is 338 g/mol. The van der Waals surface area contributed by atoms with Crippen LogP contribution >= 0.6 is 0 Å². The minimum absolute atomic E-state index is 0.00381. The molecule has 2 N–H and O–H groups in total.